The smallest absolute Gasteiger partial charge is 0.328 e. The van der Waals surface area contributed by atoms with Crippen LogP contribution in [0.2, 0.25) is 0 Å². The van der Waals surface area contributed by atoms with Crippen LogP contribution in [0.15, 0.2) is 35.4 Å². The predicted molar refractivity (Wildman–Crippen MR) is 76.4 cm³/mol. The number of rotatable bonds is 5. The van der Waals surface area contributed by atoms with E-state index in [1.807, 2.05) is 13.8 Å². The van der Waals surface area contributed by atoms with Crippen molar-refractivity contribution in [2.24, 2.45) is 0 Å². The summed E-state index contributed by atoms with van der Waals surface area (Å²) in [6.07, 6.45) is 3.19. The molecule has 0 spiro atoms. The fourth-order valence-corrected chi connectivity index (χ4v) is 2.03. The molecule has 2 rings (SSSR count). The average molecular weight is 292 g/mol. The van der Waals surface area contributed by atoms with Crippen LogP contribution >= 0.6 is 0 Å². The Kier molecular flexibility index (Phi) is 4.26. The molecular weight excluding hydrogens is 275 g/mol. The summed E-state index contributed by atoms with van der Waals surface area (Å²) in [5, 5.41) is 0. The lowest BCUT2D eigenvalue weighted by atomic mass is 10.1. The van der Waals surface area contributed by atoms with Gasteiger partial charge < -0.3 is 4.74 Å². The maximum atomic E-state index is 13.6. The molecule has 1 heterocycles. The van der Waals surface area contributed by atoms with E-state index in [0.29, 0.717) is 0 Å². The van der Waals surface area contributed by atoms with Crippen molar-refractivity contribution in [1.29, 1.82) is 0 Å². The first-order chi connectivity index (χ1) is 9.93. The number of carbonyl (C=O) groups is 1. The van der Waals surface area contributed by atoms with Crippen molar-refractivity contribution < 1.29 is 13.9 Å². The summed E-state index contributed by atoms with van der Waals surface area (Å²) in [5.74, 6) is -0.856. The highest BCUT2D eigenvalue weighted by Crippen LogP contribution is 2.18. The first kappa shape index (κ1) is 15.0. The van der Waals surface area contributed by atoms with E-state index in [0.717, 1.165) is 6.07 Å². The van der Waals surface area contributed by atoms with Gasteiger partial charge in [-0.3, -0.25) is 13.9 Å². The topological polar surface area (TPSA) is 53.2 Å². The van der Waals surface area contributed by atoms with Crippen molar-refractivity contribution >= 4 is 5.78 Å². The number of ketones is 1. The summed E-state index contributed by atoms with van der Waals surface area (Å²) < 4.78 is 21.2. The number of hydrogen-bond donors (Lipinski definition) is 0. The van der Waals surface area contributed by atoms with Crippen molar-refractivity contribution in [3.8, 4) is 5.75 Å². The third-order valence-electron chi connectivity index (χ3n) is 3.22. The zero-order chi connectivity index (χ0) is 15.6. The molecule has 0 amide bonds. The van der Waals surface area contributed by atoms with Gasteiger partial charge in [-0.15, -0.1) is 0 Å². The Balaban J connectivity index is 2.22. The van der Waals surface area contributed by atoms with Crippen LogP contribution in [0.1, 0.15) is 30.2 Å². The van der Waals surface area contributed by atoms with Crippen molar-refractivity contribution in [1.82, 2.24) is 9.13 Å². The number of Topliss-reactive ketones (excluding diaryl/α,β-unsaturated/α-hetero) is 1. The maximum absolute atomic E-state index is 13.6. The van der Waals surface area contributed by atoms with Crippen LogP contribution in [0.25, 0.3) is 0 Å². The molecule has 1 aromatic carbocycles. The van der Waals surface area contributed by atoms with Crippen molar-refractivity contribution in [3.05, 3.63) is 52.5 Å². The number of imidazole rings is 1. The number of halogens is 1. The highest BCUT2D eigenvalue weighted by atomic mass is 19.1. The predicted octanol–water partition coefficient (Wildman–Crippen LogP) is 2.26. The molecule has 0 saturated heterocycles. The summed E-state index contributed by atoms with van der Waals surface area (Å²) in [7, 11) is 1.36. The van der Waals surface area contributed by atoms with Crippen LogP contribution in [-0.2, 0) is 6.54 Å². The molecule has 0 unspecified atom stereocenters. The SMILES string of the molecule is COc1ccc(C(=O)Cn2ccn(C(C)C)c2=O)cc1F. The zero-order valence-electron chi connectivity index (χ0n) is 12.2. The van der Waals surface area contributed by atoms with Crippen LogP contribution in [0.3, 0.4) is 0 Å². The van der Waals surface area contributed by atoms with Gasteiger partial charge in [0.25, 0.3) is 0 Å². The highest BCUT2D eigenvalue weighted by molar-refractivity contribution is 5.96. The van der Waals surface area contributed by atoms with Gasteiger partial charge in [-0.1, -0.05) is 0 Å². The first-order valence-electron chi connectivity index (χ1n) is 6.58. The molecule has 21 heavy (non-hydrogen) atoms. The zero-order valence-corrected chi connectivity index (χ0v) is 12.2. The Morgan fingerprint density at radius 1 is 1.33 bits per heavy atom. The quantitative estimate of drug-likeness (QED) is 0.794. The highest BCUT2D eigenvalue weighted by Gasteiger charge is 2.13. The van der Waals surface area contributed by atoms with Gasteiger partial charge in [0.2, 0.25) is 0 Å². The molecule has 6 heteroatoms. The van der Waals surface area contributed by atoms with E-state index in [1.54, 1.807) is 12.4 Å². The molecule has 2 aromatic rings. The summed E-state index contributed by atoms with van der Waals surface area (Å²) in [4.78, 5) is 24.1. The third-order valence-corrected chi connectivity index (χ3v) is 3.22. The molecular formula is C15H17FN2O3. The van der Waals surface area contributed by atoms with Gasteiger partial charge in [-0.05, 0) is 32.0 Å². The molecule has 1 aromatic heterocycles. The van der Waals surface area contributed by atoms with Crippen LogP contribution < -0.4 is 10.4 Å². The van der Waals surface area contributed by atoms with Gasteiger partial charge in [-0.2, -0.15) is 0 Å². The van der Waals surface area contributed by atoms with Gasteiger partial charge in [-0.25, -0.2) is 9.18 Å². The van der Waals surface area contributed by atoms with Gasteiger partial charge in [0.1, 0.15) is 0 Å². The molecule has 0 N–H and O–H groups in total. The van der Waals surface area contributed by atoms with E-state index in [9.17, 15) is 14.0 Å². The van der Waals surface area contributed by atoms with E-state index in [2.05, 4.69) is 0 Å². The summed E-state index contributed by atoms with van der Waals surface area (Å²) >= 11 is 0. The van der Waals surface area contributed by atoms with E-state index in [1.165, 1.54) is 28.4 Å². The lowest BCUT2D eigenvalue weighted by molar-refractivity contribution is 0.0970. The third kappa shape index (κ3) is 3.04. The van der Waals surface area contributed by atoms with Gasteiger partial charge >= 0.3 is 5.69 Å². The van der Waals surface area contributed by atoms with E-state index in [4.69, 9.17) is 4.74 Å². The number of methoxy groups -OCH3 is 1. The molecule has 112 valence electrons. The summed E-state index contributed by atoms with van der Waals surface area (Å²) in [5.41, 5.74) is -0.0511. The summed E-state index contributed by atoms with van der Waals surface area (Å²) in [6, 6.07) is 4.01. The molecule has 0 aliphatic rings. The van der Waals surface area contributed by atoms with Crippen LogP contribution in [0, 0.1) is 5.82 Å². The molecule has 0 bridgehead atoms. The summed E-state index contributed by atoms with van der Waals surface area (Å²) in [6.45, 7) is 3.64. The molecule has 5 nitrogen and oxygen atoms in total. The second-order valence-corrected chi connectivity index (χ2v) is 4.98. The minimum Gasteiger partial charge on any atom is -0.494 e. The molecule has 0 atom stereocenters. The van der Waals surface area contributed by atoms with E-state index in [-0.39, 0.29) is 35.4 Å². The standard InChI is InChI=1S/C15H17FN2O3/c1-10(2)18-7-6-17(15(18)20)9-13(19)11-4-5-14(21-3)12(16)8-11/h4-8,10H,9H2,1-3H3. The number of hydrogen-bond acceptors (Lipinski definition) is 3. The molecule has 0 fully saturated rings. The van der Waals surface area contributed by atoms with Crippen LogP contribution in [0.5, 0.6) is 5.75 Å². The monoisotopic (exact) mass is 292 g/mol. The van der Waals surface area contributed by atoms with Crippen molar-refractivity contribution in [2.45, 2.75) is 26.4 Å². The van der Waals surface area contributed by atoms with Crippen LogP contribution in [-0.4, -0.2) is 22.0 Å². The first-order valence-corrected chi connectivity index (χ1v) is 6.58. The maximum Gasteiger partial charge on any atom is 0.328 e. The lowest BCUT2D eigenvalue weighted by Gasteiger charge is -2.06. The number of aromatic nitrogens is 2. The number of benzene rings is 1. The normalized spacial score (nSPS) is 10.9. The van der Waals surface area contributed by atoms with Gasteiger partial charge in [0, 0.05) is 24.0 Å². The lowest BCUT2D eigenvalue weighted by Crippen LogP contribution is -2.27. The van der Waals surface area contributed by atoms with Crippen molar-refractivity contribution in [2.75, 3.05) is 7.11 Å². The van der Waals surface area contributed by atoms with Gasteiger partial charge in [0.15, 0.2) is 17.3 Å². The van der Waals surface area contributed by atoms with Crippen molar-refractivity contribution in [3.63, 3.8) is 0 Å². The average Bonchev–Trinajstić information content (AvgIpc) is 2.80. The second kappa shape index (κ2) is 5.95. The Morgan fingerprint density at radius 3 is 2.57 bits per heavy atom. The Morgan fingerprint density at radius 2 is 2.05 bits per heavy atom. The molecule has 0 aliphatic heterocycles. The van der Waals surface area contributed by atoms with Gasteiger partial charge in [0.05, 0.1) is 13.7 Å². The molecule has 0 aliphatic carbocycles. The Hall–Kier alpha value is -2.37. The van der Waals surface area contributed by atoms with Crippen LogP contribution in [0.4, 0.5) is 4.39 Å². The fraction of sp³-hybridized carbons (Fsp3) is 0.333. The minimum atomic E-state index is -0.601. The van der Waals surface area contributed by atoms with E-state index >= 15 is 0 Å². The Bertz CT molecular complexity index is 716. The number of ether oxygens (including phenoxy) is 1. The minimum absolute atomic E-state index is 0.0206. The number of carbonyl (C=O) groups excluding carboxylic acids is 1. The number of nitrogens with zero attached hydrogens (tertiary/aromatic N) is 2. The fourth-order valence-electron chi connectivity index (χ4n) is 2.03. The molecule has 0 radical (unpaired) electrons. The Labute approximate surface area is 121 Å². The van der Waals surface area contributed by atoms with E-state index < -0.39 is 5.82 Å². The molecule has 0 saturated carbocycles. The second-order valence-electron chi connectivity index (χ2n) is 4.98. The largest absolute Gasteiger partial charge is 0.494 e.